The normalized spacial score (nSPS) is 21.2. The second kappa shape index (κ2) is 4.91. The van der Waals surface area contributed by atoms with Crippen LogP contribution in [0.15, 0.2) is 18.2 Å². The lowest BCUT2D eigenvalue weighted by molar-refractivity contribution is -0.141. The van der Waals surface area contributed by atoms with Crippen LogP contribution in [0.4, 0.5) is 13.2 Å². The molecule has 0 aliphatic carbocycles. The van der Waals surface area contributed by atoms with Crippen LogP contribution in [0.1, 0.15) is 18.5 Å². The predicted molar refractivity (Wildman–Crippen MR) is 53.7 cm³/mol. The van der Waals surface area contributed by atoms with E-state index in [2.05, 4.69) is 4.98 Å². The zero-order valence-corrected chi connectivity index (χ0v) is 9.04. The highest BCUT2D eigenvalue weighted by Gasteiger charge is 2.32. The first-order valence-corrected chi connectivity index (χ1v) is 5.34. The van der Waals surface area contributed by atoms with Gasteiger partial charge in [-0.3, -0.25) is 0 Å². The van der Waals surface area contributed by atoms with E-state index in [-0.39, 0.29) is 12.0 Å². The number of halogens is 3. The SMILES string of the molecule is FC(F)(F)c1cccc(OC2CCCOC2)n1. The van der Waals surface area contributed by atoms with E-state index >= 15 is 0 Å². The molecule has 1 aliphatic rings. The Morgan fingerprint density at radius 3 is 2.82 bits per heavy atom. The molecule has 1 fully saturated rings. The highest BCUT2D eigenvalue weighted by atomic mass is 19.4. The average Bonchev–Trinajstić information content (AvgIpc) is 2.29. The highest BCUT2D eigenvalue weighted by molar-refractivity contribution is 5.18. The Morgan fingerprint density at radius 2 is 2.18 bits per heavy atom. The van der Waals surface area contributed by atoms with Gasteiger partial charge in [0, 0.05) is 12.7 Å². The van der Waals surface area contributed by atoms with Crippen molar-refractivity contribution in [1.29, 1.82) is 0 Å². The molecular formula is C11H12F3NO2. The van der Waals surface area contributed by atoms with E-state index in [1.54, 1.807) is 0 Å². The molecule has 0 spiro atoms. The minimum atomic E-state index is -4.44. The summed E-state index contributed by atoms with van der Waals surface area (Å²) < 4.78 is 47.7. The molecule has 1 aliphatic heterocycles. The maximum Gasteiger partial charge on any atom is 0.433 e. The molecule has 0 amide bonds. The first-order valence-electron chi connectivity index (χ1n) is 5.34. The van der Waals surface area contributed by atoms with E-state index in [1.165, 1.54) is 12.1 Å². The molecule has 0 aromatic carbocycles. The molecular weight excluding hydrogens is 235 g/mol. The second-order valence-electron chi connectivity index (χ2n) is 3.82. The Hall–Kier alpha value is -1.30. The summed E-state index contributed by atoms with van der Waals surface area (Å²) in [6.45, 7) is 1.08. The van der Waals surface area contributed by atoms with Crippen LogP contribution in [0, 0.1) is 0 Å². The third-order valence-corrected chi connectivity index (χ3v) is 2.42. The molecule has 2 heterocycles. The predicted octanol–water partition coefficient (Wildman–Crippen LogP) is 2.66. The number of pyridine rings is 1. The summed E-state index contributed by atoms with van der Waals surface area (Å²) in [7, 11) is 0. The Kier molecular flexibility index (Phi) is 3.51. The van der Waals surface area contributed by atoms with Crippen molar-refractivity contribution in [1.82, 2.24) is 4.98 Å². The fourth-order valence-electron chi connectivity index (χ4n) is 1.61. The van der Waals surface area contributed by atoms with Crippen LogP contribution < -0.4 is 4.74 Å². The molecule has 1 aromatic heterocycles. The van der Waals surface area contributed by atoms with E-state index in [1.807, 2.05) is 0 Å². The molecule has 1 unspecified atom stereocenters. The van der Waals surface area contributed by atoms with Crippen molar-refractivity contribution >= 4 is 0 Å². The van der Waals surface area contributed by atoms with Crippen LogP contribution in [-0.4, -0.2) is 24.3 Å². The highest BCUT2D eigenvalue weighted by Crippen LogP contribution is 2.29. The van der Waals surface area contributed by atoms with Gasteiger partial charge in [0.25, 0.3) is 0 Å². The van der Waals surface area contributed by atoms with Gasteiger partial charge in [0.1, 0.15) is 11.8 Å². The van der Waals surface area contributed by atoms with E-state index in [9.17, 15) is 13.2 Å². The van der Waals surface area contributed by atoms with Crippen molar-refractivity contribution in [2.75, 3.05) is 13.2 Å². The van der Waals surface area contributed by atoms with Gasteiger partial charge >= 0.3 is 6.18 Å². The summed E-state index contributed by atoms with van der Waals surface area (Å²) >= 11 is 0. The summed E-state index contributed by atoms with van der Waals surface area (Å²) in [5, 5.41) is 0. The van der Waals surface area contributed by atoms with E-state index in [4.69, 9.17) is 9.47 Å². The smallest absolute Gasteiger partial charge is 0.433 e. The largest absolute Gasteiger partial charge is 0.472 e. The molecule has 3 nitrogen and oxygen atoms in total. The Balaban J connectivity index is 2.05. The number of nitrogens with zero attached hydrogens (tertiary/aromatic N) is 1. The quantitative estimate of drug-likeness (QED) is 0.805. The van der Waals surface area contributed by atoms with Gasteiger partial charge in [-0.05, 0) is 18.9 Å². The summed E-state index contributed by atoms with van der Waals surface area (Å²) in [5.41, 5.74) is -0.938. The third kappa shape index (κ3) is 3.33. The number of hydrogen-bond donors (Lipinski definition) is 0. The van der Waals surface area contributed by atoms with Gasteiger partial charge in [-0.1, -0.05) is 6.07 Å². The average molecular weight is 247 g/mol. The van der Waals surface area contributed by atoms with Gasteiger partial charge in [-0.15, -0.1) is 0 Å². The number of hydrogen-bond acceptors (Lipinski definition) is 3. The summed E-state index contributed by atoms with van der Waals surface area (Å²) in [6.07, 6.45) is -3.02. The fourth-order valence-corrected chi connectivity index (χ4v) is 1.61. The van der Waals surface area contributed by atoms with E-state index in [0.717, 1.165) is 18.9 Å². The third-order valence-electron chi connectivity index (χ3n) is 2.42. The molecule has 0 saturated carbocycles. The van der Waals surface area contributed by atoms with Gasteiger partial charge in [-0.25, -0.2) is 4.98 Å². The van der Waals surface area contributed by atoms with Crippen LogP contribution in [-0.2, 0) is 10.9 Å². The molecule has 1 aromatic rings. The van der Waals surface area contributed by atoms with Crippen molar-refractivity contribution in [2.45, 2.75) is 25.1 Å². The summed E-state index contributed by atoms with van der Waals surface area (Å²) in [5.74, 6) is -0.00433. The molecule has 94 valence electrons. The van der Waals surface area contributed by atoms with Gasteiger partial charge in [0.15, 0.2) is 0 Å². The second-order valence-corrected chi connectivity index (χ2v) is 3.82. The Morgan fingerprint density at radius 1 is 1.35 bits per heavy atom. The monoisotopic (exact) mass is 247 g/mol. The maximum atomic E-state index is 12.4. The lowest BCUT2D eigenvalue weighted by Gasteiger charge is -2.22. The summed E-state index contributed by atoms with van der Waals surface area (Å²) in [6, 6.07) is 3.63. The van der Waals surface area contributed by atoms with Crippen LogP contribution in [0.5, 0.6) is 5.88 Å². The molecule has 0 radical (unpaired) electrons. The zero-order valence-electron chi connectivity index (χ0n) is 9.04. The lowest BCUT2D eigenvalue weighted by atomic mass is 10.2. The minimum Gasteiger partial charge on any atom is -0.472 e. The number of ether oxygens (including phenoxy) is 2. The Labute approximate surface area is 96.6 Å². The van der Waals surface area contributed by atoms with Gasteiger partial charge in [0.2, 0.25) is 5.88 Å². The van der Waals surface area contributed by atoms with Gasteiger partial charge in [-0.2, -0.15) is 13.2 Å². The molecule has 0 bridgehead atoms. The summed E-state index contributed by atoms with van der Waals surface area (Å²) in [4.78, 5) is 3.44. The van der Waals surface area contributed by atoms with Crippen LogP contribution >= 0.6 is 0 Å². The fraction of sp³-hybridized carbons (Fsp3) is 0.545. The number of rotatable bonds is 2. The van der Waals surface area contributed by atoms with Crippen LogP contribution in [0.3, 0.4) is 0 Å². The van der Waals surface area contributed by atoms with Gasteiger partial charge < -0.3 is 9.47 Å². The van der Waals surface area contributed by atoms with Crippen molar-refractivity contribution in [3.8, 4) is 5.88 Å². The van der Waals surface area contributed by atoms with Crippen LogP contribution in [0.25, 0.3) is 0 Å². The first-order chi connectivity index (χ1) is 8.05. The number of aromatic nitrogens is 1. The maximum absolute atomic E-state index is 12.4. The number of alkyl halides is 3. The topological polar surface area (TPSA) is 31.4 Å². The molecule has 6 heteroatoms. The molecule has 1 atom stereocenters. The van der Waals surface area contributed by atoms with Crippen LogP contribution in [0.2, 0.25) is 0 Å². The van der Waals surface area contributed by atoms with Crippen molar-refractivity contribution in [3.63, 3.8) is 0 Å². The first kappa shape index (κ1) is 12.2. The molecule has 0 N–H and O–H groups in total. The Bertz CT molecular complexity index is 375. The molecule has 2 rings (SSSR count). The molecule has 1 saturated heterocycles. The lowest BCUT2D eigenvalue weighted by Crippen LogP contribution is -2.28. The van der Waals surface area contributed by atoms with Crippen molar-refractivity contribution in [2.24, 2.45) is 0 Å². The van der Waals surface area contributed by atoms with E-state index in [0.29, 0.717) is 13.2 Å². The molecule has 17 heavy (non-hydrogen) atoms. The van der Waals surface area contributed by atoms with Crippen molar-refractivity contribution in [3.05, 3.63) is 23.9 Å². The standard InChI is InChI=1S/C11H12F3NO2/c12-11(13,14)9-4-1-5-10(15-9)17-8-3-2-6-16-7-8/h1,4-5,8H,2-3,6-7H2. The van der Waals surface area contributed by atoms with E-state index < -0.39 is 11.9 Å². The van der Waals surface area contributed by atoms with Gasteiger partial charge in [0.05, 0.1) is 6.61 Å². The van der Waals surface area contributed by atoms with Crippen molar-refractivity contribution < 1.29 is 22.6 Å². The minimum absolute atomic E-state index is 0.00433. The zero-order chi connectivity index (χ0) is 12.3.